The molecule has 0 saturated heterocycles. The van der Waals surface area contributed by atoms with Gasteiger partial charge in [0.25, 0.3) is 11.5 Å². The van der Waals surface area contributed by atoms with Crippen molar-refractivity contribution in [1.29, 1.82) is 0 Å². The van der Waals surface area contributed by atoms with Crippen LogP contribution in [0.25, 0.3) is 5.95 Å². The normalized spacial score (nSPS) is 14.1. The first kappa shape index (κ1) is 13.7. The van der Waals surface area contributed by atoms with Crippen molar-refractivity contribution in [3.05, 3.63) is 38.2 Å². The lowest BCUT2D eigenvalue weighted by molar-refractivity contribution is 0.412. The summed E-state index contributed by atoms with van der Waals surface area (Å²) in [7, 11) is 0. The average Bonchev–Trinajstić information content (AvgIpc) is 3.15. The van der Waals surface area contributed by atoms with Gasteiger partial charge in [-0.1, -0.05) is 16.7 Å². The second-order valence-corrected chi connectivity index (χ2v) is 5.89. The standard InChI is InChI=1S/C13H10N8OS/c22-12-6-9(15-20-21(12)13-16-18-19-17-13)4-5-11-14-10(7-23-11)8-2-1-3-8/h6-8H,1-3H2,(H,16,17,18,19). The van der Waals surface area contributed by atoms with Crippen molar-refractivity contribution in [3.8, 4) is 17.8 Å². The fourth-order valence-corrected chi connectivity index (χ4v) is 2.89. The van der Waals surface area contributed by atoms with Crippen LogP contribution in [0.1, 0.15) is 41.6 Å². The SMILES string of the molecule is O=c1cc(C#Cc2nc(C3CCC3)cs2)nnn1-c1nn[nH]n1. The van der Waals surface area contributed by atoms with E-state index in [0.29, 0.717) is 5.92 Å². The summed E-state index contributed by atoms with van der Waals surface area (Å²) in [4.78, 5) is 16.5. The lowest BCUT2D eigenvalue weighted by Crippen LogP contribution is -2.23. The molecule has 0 unspecified atom stereocenters. The molecule has 10 heteroatoms. The van der Waals surface area contributed by atoms with E-state index in [1.54, 1.807) is 0 Å². The van der Waals surface area contributed by atoms with Crippen LogP contribution in [0.2, 0.25) is 0 Å². The molecule has 3 aromatic rings. The van der Waals surface area contributed by atoms with Gasteiger partial charge in [-0.25, -0.2) is 4.98 Å². The number of nitrogens with one attached hydrogen (secondary N) is 1. The van der Waals surface area contributed by atoms with Gasteiger partial charge in [0.15, 0.2) is 5.01 Å². The van der Waals surface area contributed by atoms with Crippen molar-refractivity contribution in [1.82, 2.24) is 40.6 Å². The van der Waals surface area contributed by atoms with Crippen LogP contribution in [0.4, 0.5) is 0 Å². The number of tetrazole rings is 1. The third-order valence-electron chi connectivity index (χ3n) is 3.58. The van der Waals surface area contributed by atoms with Crippen molar-refractivity contribution in [2.24, 2.45) is 0 Å². The van der Waals surface area contributed by atoms with E-state index >= 15 is 0 Å². The zero-order valence-corrected chi connectivity index (χ0v) is 12.6. The first-order valence-electron chi connectivity index (χ1n) is 6.98. The number of aromatic nitrogens is 8. The Bertz CT molecular complexity index is 944. The van der Waals surface area contributed by atoms with Crippen LogP contribution in [0.15, 0.2) is 16.2 Å². The summed E-state index contributed by atoms with van der Waals surface area (Å²) < 4.78 is 0.937. The van der Waals surface area contributed by atoms with E-state index in [0.717, 1.165) is 15.4 Å². The highest BCUT2D eigenvalue weighted by Gasteiger charge is 2.21. The van der Waals surface area contributed by atoms with Gasteiger partial charge in [-0.15, -0.1) is 26.2 Å². The van der Waals surface area contributed by atoms with Crippen LogP contribution in [0, 0.1) is 11.8 Å². The molecule has 0 aliphatic heterocycles. The second kappa shape index (κ2) is 5.69. The summed E-state index contributed by atoms with van der Waals surface area (Å²) >= 11 is 1.50. The Hall–Kier alpha value is -2.93. The van der Waals surface area contributed by atoms with Crippen LogP contribution in [0.5, 0.6) is 0 Å². The maximum Gasteiger partial charge on any atom is 0.294 e. The number of hydrogen-bond acceptors (Lipinski definition) is 8. The van der Waals surface area contributed by atoms with Gasteiger partial charge in [0.05, 0.1) is 5.69 Å². The first-order chi connectivity index (χ1) is 11.3. The van der Waals surface area contributed by atoms with Crippen LogP contribution < -0.4 is 5.56 Å². The lowest BCUT2D eigenvalue weighted by atomic mass is 9.83. The lowest BCUT2D eigenvalue weighted by Gasteiger charge is -2.22. The van der Waals surface area contributed by atoms with Gasteiger partial charge in [0.1, 0.15) is 5.69 Å². The molecule has 1 saturated carbocycles. The summed E-state index contributed by atoms with van der Waals surface area (Å²) in [5, 5.41) is 23.3. The fourth-order valence-electron chi connectivity index (χ4n) is 2.14. The minimum atomic E-state index is -0.431. The van der Waals surface area contributed by atoms with Crippen molar-refractivity contribution in [2.75, 3.05) is 0 Å². The summed E-state index contributed by atoms with van der Waals surface area (Å²) in [6, 6.07) is 1.27. The minimum Gasteiger partial charge on any atom is -0.267 e. The van der Waals surface area contributed by atoms with Gasteiger partial charge < -0.3 is 0 Å². The van der Waals surface area contributed by atoms with Crippen molar-refractivity contribution in [3.63, 3.8) is 0 Å². The molecule has 0 atom stereocenters. The Morgan fingerprint density at radius 1 is 1.30 bits per heavy atom. The molecule has 9 nitrogen and oxygen atoms in total. The van der Waals surface area contributed by atoms with E-state index in [-0.39, 0.29) is 11.6 Å². The number of nitrogens with zero attached hydrogens (tertiary/aromatic N) is 7. The molecular formula is C13H10N8OS. The maximum atomic E-state index is 11.9. The van der Waals surface area contributed by atoms with Crippen molar-refractivity contribution >= 4 is 11.3 Å². The predicted molar refractivity (Wildman–Crippen MR) is 80.1 cm³/mol. The van der Waals surface area contributed by atoms with Gasteiger partial charge in [-0.3, -0.25) is 4.79 Å². The Morgan fingerprint density at radius 3 is 2.91 bits per heavy atom. The molecule has 0 aromatic carbocycles. The minimum absolute atomic E-state index is 0.0343. The Balaban J connectivity index is 1.56. The number of hydrogen-bond donors (Lipinski definition) is 1. The quantitative estimate of drug-likeness (QED) is 0.672. The molecular weight excluding hydrogens is 316 g/mol. The molecule has 3 heterocycles. The summed E-state index contributed by atoms with van der Waals surface area (Å²) in [6.45, 7) is 0. The number of aromatic amines is 1. The predicted octanol–water partition coefficient (Wildman–Crippen LogP) is 0.264. The molecule has 1 fully saturated rings. The van der Waals surface area contributed by atoms with Gasteiger partial charge in [0, 0.05) is 17.4 Å². The fraction of sp³-hybridized carbons (Fsp3) is 0.308. The molecule has 0 amide bonds. The van der Waals surface area contributed by atoms with E-state index in [4.69, 9.17) is 0 Å². The molecule has 1 aliphatic rings. The van der Waals surface area contributed by atoms with Gasteiger partial charge >= 0.3 is 0 Å². The Labute approximate surface area is 133 Å². The van der Waals surface area contributed by atoms with E-state index in [1.165, 1.54) is 36.7 Å². The Kier molecular flexibility index (Phi) is 3.39. The van der Waals surface area contributed by atoms with Crippen molar-refractivity contribution < 1.29 is 0 Å². The van der Waals surface area contributed by atoms with Crippen LogP contribution >= 0.6 is 11.3 Å². The van der Waals surface area contributed by atoms with E-state index < -0.39 is 5.56 Å². The topological polar surface area (TPSA) is 115 Å². The smallest absolute Gasteiger partial charge is 0.267 e. The Morgan fingerprint density at radius 2 is 2.22 bits per heavy atom. The van der Waals surface area contributed by atoms with Crippen LogP contribution in [0.3, 0.4) is 0 Å². The maximum absolute atomic E-state index is 11.9. The summed E-state index contributed by atoms with van der Waals surface area (Å²) in [5.74, 6) is 6.35. The highest BCUT2D eigenvalue weighted by molar-refractivity contribution is 7.10. The molecule has 3 aromatic heterocycles. The molecule has 0 spiro atoms. The molecule has 0 bridgehead atoms. The van der Waals surface area contributed by atoms with Gasteiger partial charge in [-0.2, -0.15) is 5.21 Å². The summed E-state index contributed by atoms with van der Waals surface area (Å²) in [5.41, 5.74) is 0.958. The second-order valence-electron chi connectivity index (χ2n) is 5.04. The van der Waals surface area contributed by atoms with E-state index in [9.17, 15) is 4.79 Å². The molecule has 0 radical (unpaired) electrons. The molecule has 1 N–H and O–H groups in total. The highest BCUT2D eigenvalue weighted by atomic mass is 32.1. The zero-order chi connectivity index (χ0) is 15.6. The van der Waals surface area contributed by atoms with E-state index in [2.05, 4.69) is 47.8 Å². The molecule has 4 rings (SSSR count). The number of thiazole rings is 1. The molecule has 1 aliphatic carbocycles. The average molecular weight is 326 g/mol. The number of H-pyrrole nitrogens is 1. The highest BCUT2D eigenvalue weighted by Crippen LogP contribution is 2.36. The van der Waals surface area contributed by atoms with Gasteiger partial charge in [-0.05, 0) is 29.9 Å². The van der Waals surface area contributed by atoms with Gasteiger partial charge in [0.2, 0.25) is 0 Å². The largest absolute Gasteiger partial charge is 0.294 e. The van der Waals surface area contributed by atoms with Crippen LogP contribution in [-0.2, 0) is 0 Å². The van der Waals surface area contributed by atoms with E-state index in [1.807, 2.05) is 5.38 Å². The zero-order valence-electron chi connectivity index (χ0n) is 11.8. The van der Waals surface area contributed by atoms with Crippen molar-refractivity contribution in [2.45, 2.75) is 25.2 Å². The monoisotopic (exact) mass is 326 g/mol. The first-order valence-corrected chi connectivity index (χ1v) is 7.86. The molecule has 114 valence electrons. The van der Waals surface area contributed by atoms with Crippen LogP contribution in [-0.4, -0.2) is 40.6 Å². The third kappa shape index (κ3) is 2.74. The summed E-state index contributed by atoms with van der Waals surface area (Å²) in [6.07, 6.45) is 3.68. The molecule has 23 heavy (non-hydrogen) atoms. The number of rotatable bonds is 2. The third-order valence-corrected chi connectivity index (χ3v) is 4.35.